The Morgan fingerprint density at radius 1 is 0.386 bits per heavy atom. The van der Waals surface area contributed by atoms with E-state index in [-0.39, 0.29) is 0 Å². The van der Waals surface area contributed by atoms with E-state index in [2.05, 4.69) is 132 Å². The Kier molecular flexibility index (Phi) is 7.81. The van der Waals surface area contributed by atoms with Gasteiger partial charge in [0.05, 0.1) is 0 Å². The van der Waals surface area contributed by atoms with Crippen LogP contribution in [0.5, 0.6) is 0 Å². The number of para-hydroxylation sites is 2. The van der Waals surface area contributed by atoms with E-state index >= 15 is 0 Å². The van der Waals surface area contributed by atoms with Gasteiger partial charge in [-0.25, -0.2) is 15.0 Å². The third-order valence-electron chi connectivity index (χ3n) is 10.9. The van der Waals surface area contributed by atoms with Gasteiger partial charge >= 0.3 is 0 Å². The molecule has 0 spiro atoms. The fourth-order valence-corrected chi connectivity index (χ4v) is 8.27. The highest BCUT2D eigenvalue weighted by molar-refractivity contribution is 6.14. The third-order valence-corrected chi connectivity index (χ3v) is 10.9. The number of fused-ring (bicyclic) bond motifs is 5. The molecule has 5 nitrogen and oxygen atoms in total. The predicted octanol–water partition coefficient (Wildman–Crippen LogP) is 13.5. The van der Waals surface area contributed by atoms with Gasteiger partial charge in [0, 0.05) is 50.9 Å². The molecule has 0 atom stereocenters. The fraction of sp³-hybridized carbons (Fsp3) is 0.0192. The lowest BCUT2D eigenvalue weighted by Gasteiger charge is -2.33. The van der Waals surface area contributed by atoms with Crippen LogP contribution in [0.15, 0.2) is 199 Å². The molecule has 11 rings (SSSR count). The Balaban J connectivity index is 1.05. The van der Waals surface area contributed by atoms with Gasteiger partial charge in [-0.1, -0.05) is 146 Å². The summed E-state index contributed by atoms with van der Waals surface area (Å²) in [4.78, 5) is 17.5. The van der Waals surface area contributed by atoms with E-state index in [1.165, 1.54) is 28.1 Å². The summed E-state index contributed by atoms with van der Waals surface area (Å²) in [7, 11) is 0. The van der Waals surface area contributed by atoms with Crippen molar-refractivity contribution in [3.63, 3.8) is 0 Å². The summed E-state index contributed by atoms with van der Waals surface area (Å²) >= 11 is 0. The van der Waals surface area contributed by atoms with Gasteiger partial charge in [0.2, 0.25) is 0 Å². The molecule has 5 heteroatoms. The van der Waals surface area contributed by atoms with Crippen LogP contribution >= 0.6 is 0 Å². The van der Waals surface area contributed by atoms with Crippen LogP contribution in [0.4, 0.5) is 17.1 Å². The molecule has 0 fully saturated rings. The summed E-state index contributed by atoms with van der Waals surface area (Å²) in [5.74, 6) is 1.88. The average Bonchev–Trinajstić information content (AvgIpc) is 3.67. The molecule has 1 aliphatic heterocycles. The lowest BCUT2D eigenvalue weighted by molar-refractivity contribution is 0.669. The number of furan rings is 1. The number of hydrogen-bond donors (Lipinski definition) is 0. The first-order valence-electron chi connectivity index (χ1n) is 19.2. The van der Waals surface area contributed by atoms with E-state index < -0.39 is 0 Å². The van der Waals surface area contributed by atoms with Crippen LogP contribution in [-0.4, -0.2) is 15.0 Å². The van der Waals surface area contributed by atoms with Crippen LogP contribution in [0.3, 0.4) is 0 Å². The molecule has 0 saturated carbocycles. The van der Waals surface area contributed by atoms with Gasteiger partial charge in [-0.2, -0.15) is 0 Å². The maximum absolute atomic E-state index is 6.55. The third kappa shape index (κ3) is 5.76. The minimum Gasteiger partial charge on any atom is -0.456 e. The number of hydrogen-bond acceptors (Lipinski definition) is 5. The quantitative estimate of drug-likeness (QED) is 0.170. The van der Waals surface area contributed by atoms with E-state index in [1.54, 1.807) is 0 Å². The van der Waals surface area contributed by atoms with Gasteiger partial charge in [-0.15, -0.1) is 0 Å². The summed E-state index contributed by atoms with van der Waals surface area (Å²) in [5.41, 5.74) is 15.1. The van der Waals surface area contributed by atoms with Crippen LogP contribution in [0.2, 0.25) is 0 Å². The predicted molar refractivity (Wildman–Crippen MR) is 232 cm³/mol. The fourth-order valence-electron chi connectivity index (χ4n) is 8.27. The van der Waals surface area contributed by atoms with Crippen molar-refractivity contribution >= 4 is 39.0 Å². The Bertz CT molecular complexity index is 3040. The lowest BCUT2D eigenvalue weighted by Crippen LogP contribution is -2.18. The van der Waals surface area contributed by atoms with Crippen molar-refractivity contribution in [1.82, 2.24) is 15.0 Å². The summed E-state index contributed by atoms with van der Waals surface area (Å²) in [5, 5.41) is 2.12. The van der Waals surface area contributed by atoms with Gasteiger partial charge in [0.15, 0.2) is 17.5 Å². The second-order valence-corrected chi connectivity index (χ2v) is 14.4. The van der Waals surface area contributed by atoms with E-state index in [0.717, 1.165) is 67.4 Å². The molecule has 0 N–H and O–H groups in total. The monoisotopic (exact) mass is 730 g/mol. The Morgan fingerprint density at radius 2 is 0.965 bits per heavy atom. The molecule has 0 bridgehead atoms. The summed E-state index contributed by atoms with van der Waals surface area (Å²) in [6.45, 7) is 0. The molecule has 57 heavy (non-hydrogen) atoms. The molecular formula is C52H34N4O. The Labute approximate surface area is 330 Å². The van der Waals surface area contributed by atoms with E-state index in [9.17, 15) is 0 Å². The van der Waals surface area contributed by atoms with Crippen LogP contribution in [0.25, 0.3) is 78.4 Å². The molecule has 0 unspecified atom stereocenters. The van der Waals surface area contributed by atoms with Gasteiger partial charge in [-0.05, 0) is 81.9 Å². The van der Waals surface area contributed by atoms with Crippen LogP contribution in [-0.2, 0) is 6.42 Å². The van der Waals surface area contributed by atoms with Crippen molar-refractivity contribution in [2.24, 2.45) is 0 Å². The van der Waals surface area contributed by atoms with Crippen molar-refractivity contribution in [1.29, 1.82) is 0 Å². The highest BCUT2D eigenvalue weighted by Crippen LogP contribution is 2.46. The minimum absolute atomic E-state index is 0.615. The molecule has 0 aliphatic carbocycles. The zero-order chi connectivity index (χ0) is 37.7. The Hall–Kier alpha value is -7.63. The maximum atomic E-state index is 6.55. The summed E-state index contributed by atoms with van der Waals surface area (Å²) in [6.07, 6.45) is 0.871. The molecule has 0 saturated heterocycles. The number of nitrogens with zero attached hydrogens (tertiary/aromatic N) is 4. The Morgan fingerprint density at radius 3 is 1.72 bits per heavy atom. The average molecular weight is 731 g/mol. The van der Waals surface area contributed by atoms with Crippen LogP contribution in [0.1, 0.15) is 11.1 Å². The van der Waals surface area contributed by atoms with Crippen molar-refractivity contribution in [2.75, 3.05) is 4.90 Å². The van der Waals surface area contributed by atoms with E-state index in [1.807, 2.05) is 66.7 Å². The van der Waals surface area contributed by atoms with Gasteiger partial charge in [0.25, 0.3) is 0 Å². The molecule has 0 amide bonds. The van der Waals surface area contributed by atoms with E-state index in [0.29, 0.717) is 17.5 Å². The highest BCUT2D eigenvalue weighted by Gasteiger charge is 2.25. The normalized spacial score (nSPS) is 12.1. The minimum atomic E-state index is 0.615. The van der Waals surface area contributed by atoms with Crippen molar-refractivity contribution < 1.29 is 4.42 Å². The second kappa shape index (κ2) is 13.6. The van der Waals surface area contributed by atoms with Gasteiger partial charge < -0.3 is 9.32 Å². The molecule has 0 radical (unpaired) electrons. The molecule has 268 valence electrons. The van der Waals surface area contributed by atoms with Crippen molar-refractivity contribution in [3.8, 4) is 56.4 Å². The largest absolute Gasteiger partial charge is 0.456 e. The molecular weight excluding hydrogens is 697 g/mol. The number of benzene rings is 8. The smallest absolute Gasteiger partial charge is 0.164 e. The number of rotatable bonds is 6. The number of aromatic nitrogens is 3. The first kappa shape index (κ1) is 32.8. The number of anilines is 3. The van der Waals surface area contributed by atoms with Gasteiger partial charge in [0.1, 0.15) is 11.2 Å². The highest BCUT2D eigenvalue weighted by atomic mass is 16.3. The SMILES string of the molecule is c1ccc(-c2nc(-c3ccccc3)nc(-c3ccccc3-c3cccc4oc5ccc(-c6ccc7c(c6)Cc6ccccc6N7c6ccccc6)cc5c34)n2)cc1. The first-order chi connectivity index (χ1) is 28.2. The molecule has 1 aliphatic rings. The van der Waals surface area contributed by atoms with Crippen molar-refractivity contribution in [3.05, 3.63) is 205 Å². The summed E-state index contributed by atoms with van der Waals surface area (Å²) in [6, 6.07) is 67.7. The zero-order valence-electron chi connectivity index (χ0n) is 30.9. The van der Waals surface area contributed by atoms with Gasteiger partial charge in [-0.3, -0.25) is 0 Å². The maximum Gasteiger partial charge on any atom is 0.164 e. The molecule has 3 heterocycles. The molecule has 8 aromatic carbocycles. The second-order valence-electron chi connectivity index (χ2n) is 14.4. The topological polar surface area (TPSA) is 55.1 Å². The van der Waals surface area contributed by atoms with E-state index in [4.69, 9.17) is 19.4 Å². The summed E-state index contributed by atoms with van der Waals surface area (Å²) < 4.78 is 6.55. The first-order valence-corrected chi connectivity index (χ1v) is 19.2. The van der Waals surface area contributed by atoms with Crippen LogP contribution < -0.4 is 4.90 Å². The lowest BCUT2D eigenvalue weighted by atomic mass is 9.91. The zero-order valence-corrected chi connectivity index (χ0v) is 30.9. The molecule has 2 aromatic heterocycles. The van der Waals surface area contributed by atoms with Crippen molar-refractivity contribution in [2.45, 2.75) is 6.42 Å². The standard InChI is InChI=1S/C52H34N4O/c1-4-15-34(16-5-1)50-53-51(35-17-6-2-7-18-35)55-52(54-50)43-23-12-11-22-41(43)42-24-14-26-48-49(42)44-33-37(28-30-47(44)57-48)36-27-29-46-39(31-36)32-38-19-10-13-25-45(38)56(46)40-20-8-3-9-21-40/h1-31,33H,32H2. The molecule has 10 aromatic rings. The van der Waals surface area contributed by atoms with Crippen LogP contribution in [0, 0.1) is 0 Å².